The molecule has 1 unspecified atom stereocenters. The van der Waals surface area contributed by atoms with Gasteiger partial charge in [0.05, 0.1) is 25.2 Å². The lowest BCUT2D eigenvalue weighted by Crippen LogP contribution is -2.28. The molecule has 0 aliphatic carbocycles. The molecule has 0 bridgehead atoms. The predicted octanol–water partition coefficient (Wildman–Crippen LogP) is 3.11. The molecule has 1 atom stereocenters. The molecule has 1 aliphatic heterocycles. The Morgan fingerprint density at radius 2 is 1.93 bits per heavy atom. The summed E-state index contributed by atoms with van der Waals surface area (Å²) in [7, 11) is 3.19. The van der Waals surface area contributed by atoms with Gasteiger partial charge in [0.2, 0.25) is 5.91 Å². The van der Waals surface area contributed by atoms with Gasteiger partial charge >= 0.3 is 0 Å². The fraction of sp³-hybridized carbons (Fsp3) is 0.300. The number of hydrogen-bond donors (Lipinski definition) is 2. The number of carbonyl (C=O) groups excluding carboxylic acids is 2. The number of thioether (sulfide) groups is 1. The summed E-state index contributed by atoms with van der Waals surface area (Å²) in [4.78, 5) is 25.2. The summed E-state index contributed by atoms with van der Waals surface area (Å²) in [5.41, 5.74) is 2.25. The van der Waals surface area contributed by atoms with Crippen molar-refractivity contribution < 1.29 is 19.1 Å². The lowest BCUT2D eigenvalue weighted by atomic mass is 10.1. The largest absolute Gasteiger partial charge is 0.493 e. The fourth-order valence-corrected chi connectivity index (χ4v) is 3.74. The first-order valence-electron chi connectivity index (χ1n) is 8.62. The molecule has 0 saturated heterocycles. The van der Waals surface area contributed by atoms with Crippen LogP contribution in [0.4, 0.5) is 5.69 Å². The molecule has 7 heteroatoms. The highest BCUT2D eigenvalue weighted by Crippen LogP contribution is 2.35. The van der Waals surface area contributed by atoms with Crippen LogP contribution in [-0.2, 0) is 11.2 Å². The topological polar surface area (TPSA) is 76.7 Å². The highest BCUT2D eigenvalue weighted by molar-refractivity contribution is 8.00. The normalized spacial score (nSPS) is 15.5. The van der Waals surface area contributed by atoms with Gasteiger partial charge in [0.25, 0.3) is 5.91 Å². The first kappa shape index (κ1) is 19.1. The molecule has 0 aromatic heterocycles. The maximum absolute atomic E-state index is 12.4. The average molecular weight is 386 g/mol. The van der Waals surface area contributed by atoms with Crippen LogP contribution in [-0.4, -0.2) is 37.8 Å². The number of anilines is 1. The molecule has 6 nitrogen and oxygen atoms in total. The SMILES string of the molecule is COc1ccc(CCNC(=O)c2ccc3c(c2)NC(=O)C(C)S3)cc1OC. The van der Waals surface area contributed by atoms with E-state index in [2.05, 4.69) is 10.6 Å². The minimum Gasteiger partial charge on any atom is -0.493 e. The van der Waals surface area contributed by atoms with Crippen molar-refractivity contribution in [2.24, 2.45) is 0 Å². The smallest absolute Gasteiger partial charge is 0.251 e. The average Bonchev–Trinajstić information content (AvgIpc) is 2.68. The van der Waals surface area contributed by atoms with Gasteiger partial charge in [0, 0.05) is 17.0 Å². The molecule has 142 valence electrons. The summed E-state index contributed by atoms with van der Waals surface area (Å²) >= 11 is 1.50. The van der Waals surface area contributed by atoms with Gasteiger partial charge in [0.1, 0.15) is 0 Å². The summed E-state index contributed by atoms with van der Waals surface area (Å²) in [5, 5.41) is 5.63. The maximum atomic E-state index is 12.4. The van der Waals surface area contributed by atoms with E-state index in [-0.39, 0.29) is 17.1 Å². The predicted molar refractivity (Wildman–Crippen MR) is 106 cm³/mol. The van der Waals surface area contributed by atoms with E-state index in [1.54, 1.807) is 26.4 Å². The molecule has 0 spiro atoms. The van der Waals surface area contributed by atoms with Crippen LogP contribution in [0, 0.1) is 0 Å². The molecule has 0 radical (unpaired) electrons. The lowest BCUT2D eigenvalue weighted by Gasteiger charge is -2.21. The van der Waals surface area contributed by atoms with Crippen molar-refractivity contribution in [1.82, 2.24) is 5.32 Å². The van der Waals surface area contributed by atoms with Crippen LogP contribution in [0.5, 0.6) is 11.5 Å². The van der Waals surface area contributed by atoms with Crippen LogP contribution in [0.15, 0.2) is 41.3 Å². The minimum atomic E-state index is -0.170. The van der Waals surface area contributed by atoms with Crippen molar-refractivity contribution in [3.8, 4) is 11.5 Å². The Morgan fingerprint density at radius 1 is 1.15 bits per heavy atom. The van der Waals surface area contributed by atoms with E-state index >= 15 is 0 Å². The number of ether oxygens (including phenoxy) is 2. The lowest BCUT2D eigenvalue weighted by molar-refractivity contribution is -0.115. The quantitative estimate of drug-likeness (QED) is 0.798. The van der Waals surface area contributed by atoms with Crippen molar-refractivity contribution in [3.63, 3.8) is 0 Å². The second kappa shape index (κ2) is 8.35. The van der Waals surface area contributed by atoms with Crippen molar-refractivity contribution in [2.45, 2.75) is 23.5 Å². The molecule has 0 saturated carbocycles. The van der Waals surface area contributed by atoms with Gasteiger partial charge in [0.15, 0.2) is 11.5 Å². The Balaban J connectivity index is 1.60. The van der Waals surface area contributed by atoms with E-state index in [0.29, 0.717) is 35.7 Å². The van der Waals surface area contributed by atoms with E-state index < -0.39 is 0 Å². The van der Waals surface area contributed by atoms with Gasteiger partial charge in [-0.15, -0.1) is 11.8 Å². The van der Waals surface area contributed by atoms with Crippen molar-refractivity contribution in [1.29, 1.82) is 0 Å². The zero-order valence-corrected chi connectivity index (χ0v) is 16.3. The van der Waals surface area contributed by atoms with E-state index in [4.69, 9.17) is 9.47 Å². The van der Waals surface area contributed by atoms with Crippen LogP contribution < -0.4 is 20.1 Å². The number of hydrogen-bond acceptors (Lipinski definition) is 5. The molecule has 2 N–H and O–H groups in total. The zero-order chi connectivity index (χ0) is 19.4. The van der Waals surface area contributed by atoms with Crippen LogP contribution >= 0.6 is 11.8 Å². The highest BCUT2D eigenvalue weighted by atomic mass is 32.2. The monoisotopic (exact) mass is 386 g/mol. The Morgan fingerprint density at radius 3 is 2.67 bits per heavy atom. The van der Waals surface area contributed by atoms with Crippen molar-refractivity contribution in [2.75, 3.05) is 26.1 Å². The minimum absolute atomic E-state index is 0.0430. The van der Waals surface area contributed by atoms with Crippen LogP contribution in [0.25, 0.3) is 0 Å². The third-order valence-corrected chi connectivity index (χ3v) is 5.50. The van der Waals surface area contributed by atoms with Gasteiger partial charge in [-0.3, -0.25) is 9.59 Å². The number of carbonyl (C=O) groups is 2. The maximum Gasteiger partial charge on any atom is 0.251 e. The molecule has 0 fully saturated rings. The van der Waals surface area contributed by atoms with Crippen molar-refractivity contribution >= 4 is 29.3 Å². The number of rotatable bonds is 6. The molecular weight excluding hydrogens is 364 g/mol. The molecule has 1 heterocycles. The van der Waals surface area contributed by atoms with Gasteiger partial charge < -0.3 is 20.1 Å². The van der Waals surface area contributed by atoms with E-state index in [9.17, 15) is 9.59 Å². The fourth-order valence-electron chi connectivity index (χ4n) is 2.81. The third kappa shape index (κ3) is 4.36. The van der Waals surface area contributed by atoms with Crippen LogP contribution in [0.2, 0.25) is 0 Å². The Bertz CT molecular complexity index is 869. The molecular formula is C20H22N2O4S. The van der Waals surface area contributed by atoms with Crippen LogP contribution in [0.3, 0.4) is 0 Å². The van der Waals surface area contributed by atoms with Gasteiger partial charge in [-0.2, -0.15) is 0 Å². The molecule has 2 aromatic rings. The Labute approximate surface area is 162 Å². The molecule has 2 aromatic carbocycles. The molecule has 2 amide bonds. The number of nitrogens with one attached hydrogen (secondary N) is 2. The summed E-state index contributed by atoms with van der Waals surface area (Å²) in [6.45, 7) is 2.35. The second-order valence-electron chi connectivity index (χ2n) is 6.16. The van der Waals surface area contributed by atoms with Crippen LogP contribution in [0.1, 0.15) is 22.8 Å². The molecule has 27 heavy (non-hydrogen) atoms. The highest BCUT2D eigenvalue weighted by Gasteiger charge is 2.23. The van der Waals surface area contributed by atoms with Crippen molar-refractivity contribution in [3.05, 3.63) is 47.5 Å². The second-order valence-corrected chi connectivity index (χ2v) is 7.54. The number of amides is 2. The van der Waals surface area contributed by atoms with Gasteiger partial charge in [-0.25, -0.2) is 0 Å². The van der Waals surface area contributed by atoms with Gasteiger partial charge in [-0.05, 0) is 49.2 Å². The standard InChI is InChI=1S/C20H22N2O4S/c1-12-19(23)22-15-11-14(5-7-18(15)27-12)20(24)21-9-8-13-4-6-16(25-2)17(10-13)26-3/h4-7,10-12H,8-9H2,1-3H3,(H,21,24)(H,22,23). The zero-order valence-electron chi connectivity index (χ0n) is 15.5. The summed E-state index contributed by atoms with van der Waals surface area (Å²) in [5.74, 6) is 1.13. The molecule has 1 aliphatic rings. The Kier molecular flexibility index (Phi) is 5.91. The summed E-state index contributed by atoms with van der Waals surface area (Å²) in [6, 6.07) is 11.1. The van der Waals surface area contributed by atoms with Gasteiger partial charge in [-0.1, -0.05) is 6.07 Å². The first-order chi connectivity index (χ1) is 13.0. The third-order valence-electron chi connectivity index (χ3n) is 4.32. The Hall–Kier alpha value is -2.67. The van der Waals surface area contributed by atoms with E-state index in [1.165, 1.54) is 11.8 Å². The molecule has 3 rings (SSSR count). The van der Waals surface area contributed by atoms with E-state index in [1.807, 2.05) is 31.2 Å². The summed E-state index contributed by atoms with van der Waals surface area (Å²) in [6.07, 6.45) is 0.668. The first-order valence-corrected chi connectivity index (χ1v) is 9.50. The number of methoxy groups -OCH3 is 2. The summed E-state index contributed by atoms with van der Waals surface area (Å²) < 4.78 is 10.5. The number of fused-ring (bicyclic) bond motifs is 1. The number of benzene rings is 2. The van der Waals surface area contributed by atoms with E-state index in [0.717, 1.165) is 10.5 Å².